The molecule has 0 saturated carbocycles. The summed E-state index contributed by atoms with van der Waals surface area (Å²) in [4.78, 5) is 38.8. The Hall–Kier alpha value is -2.45. The Morgan fingerprint density at radius 2 is 1.24 bits per heavy atom. The fourth-order valence-electron chi connectivity index (χ4n) is 4.72. The molecule has 2 saturated heterocycles. The first-order valence-corrected chi connectivity index (χ1v) is 14.1. The van der Waals surface area contributed by atoms with Crippen LogP contribution in [0.1, 0.15) is 103 Å². The number of amides is 2. The highest BCUT2D eigenvalue weighted by atomic mass is 16.8. The van der Waals surface area contributed by atoms with Gasteiger partial charge in [-0.05, 0) is 89.9 Å². The molecule has 2 aliphatic heterocycles. The van der Waals surface area contributed by atoms with Crippen LogP contribution in [0.4, 0.5) is 4.79 Å². The number of rotatable bonds is 2. The summed E-state index contributed by atoms with van der Waals surface area (Å²) in [7, 11) is 0. The fourth-order valence-corrected chi connectivity index (χ4v) is 4.72. The predicted octanol–water partition coefficient (Wildman–Crippen LogP) is 5.84. The number of ether oxygens (including phenoxy) is 2. The lowest BCUT2D eigenvalue weighted by atomic mass is 10.0. The molecule has 0 aromatic heterocycles. The minimum Gasteiger partial charge on any atom is -0.429 e. The third-order valence-electron chi connectivity index (χ3n) is 6.98. The van der Waals surface area contributed by atoms with E-state index in [1.165, 1.54) is 25.7 Å². The van der Waals surface area contributed by atoms with Crippen molar-refractivity contribution in [2.45, 2.75) is 127 Å². The molecule has 37 heavy (non-hydrogen) atoms. The Morgan fingerprint density at radius 3 is 1.86 bits per heavy atom. The number of nitrogens with zero attached hydrogens (tertiary/aromatic N) is 1. The number of fused-ring (bicyclic) bond motifs is 1. The number of hydrogen-bond donors (Lipinski definition) is 1. The van der Waals surface area contributed by atoms with Crippen LogP contribution in [0, 0.1) is 0 Å². The summed E-state index contributed by atoms with van der Waals surface area (Å²) >= 11 is 0. The summed E-state index contributed by atoms with van der Waals surface area (Å²) in [5.41, 5.74) is 0. The van der Waals surface area contributed by atoms with Gasteiger partial charge in [-0.1, -0.05) is 41.5 Å². The molecule has 2 amide bonds. The number of hydroxylamine groups is 2. The SMILES string of the molecule is C1=CCCC2OC2CC1.O=C(OC1CC/C=C/CCC1)ON1C(=O)CCC1=O.OC1CC/C=C/CCC1. The topological polar surface area (TPSA) is 106 Å². The molecule has 0 radical (unpaired) electrons. The van der Waals surface area contributed by atoms with Crippen LogP contribution in [0.5, 0.6) is 0 Å². The highest BCUT2D eigenvalue weighted by Gasteiger charge is 2.37. The normalized spacial score (nSPS) is 31.1. The lowest BCUT2D eigenvalue weighted by Gasteiger charge is -2.19. The van der Waals surface area contributed by atoms with E-state index in [1.807, 2.05) is 0 Å². The first-order valence-electron chi connectivity index (χ1n) is 14.1. The van der Waals surface area contributed by atoms with Gasteiger partial charge in [0.05, 0.1) is 18.3 Å². The van der Waals surface area contributed by atoms with Gasteiger partial charge in [0.25, 0.3) is 11.8 Å². The lowest BCUT2D eigenvalue weighted by Crippen LogP contribution is -2.33. The number of carbonyl (C=O) groups excluding carboxylic acids is 3. The molecule has 5 aliphatic rings. The maximum Gasteiger partial charge on any atom is 0.534 e. The summed E-state index contributed by atoms with van der Waals surface area (Å²) in [5.74, 6) is -0.995. The van der Waals surface area contributed by atoms with Gasteiger partial charge in [0.2, 0.25) is 0 Å². The number of imide groups is 1. The lowest BCUT2D eigenvalue weighted by molar-refractivity contribution is -0.178. The molecule has 206 valence electrons. The number of aliphatic hydroxyl groups excluding tert-OH is 1. The van der Waals surface area contributed by atoms with E-state index >= 15 is 0 Å². The summed E-state index contributed by atoms with van der Waals surface area (Å²) in [6.45, 7) is 0. The molecule has 2 fully saturated rings. The van der Waals surface area contributed by atoms with Gasteiger partial charge < -0.3 is 14.6 Å². The smallest absolute Gasteiger partial charge is 0.429 e. The van der Waals surface area contributed by atoms with Crippen molar-refractivity contribution in [2.24, 2.45) is 0 Å². The molecule has 1 N–H and O–H groups in total. The minimum atomic E-state index is -0.974. The summed E-state index contributed by atoms with van der Waals surface area (Å²) in [6, 6.07) is 0. The van der Waals surface area contributed by atoms with E-state index in [4.69, 9.17) is 9.47 Å². The van der Waals surface area contributed by atoms with Crippen molar-refractivity contribution in [3.05, 3.63) is 36.5 Å². The largest absolute Gasteiger partial charge is 0.534 e. The van der Waals surface area contributed by atoms with E-state index in [0.29, 0.717) is 17.3 Å². The van der Waals surface area contributed by atoms with Gasteiger partial charge in [-0.15, -0.1) is 0 Å². The molecule has 3 aliphatic carbocycles. The number of hydrogen-bond acceptors (Lipinski definition) is 7. The zero-order valence-corrected chi connectivity index (χ0v) is 21.9. The standard InChI is InChI=1S/C13H17NO5.C8H12O.C8H14O/c15-11-8-9-12(16)14(11)19-13(17)18-10-6-4-2-1-3-5-7-10;1-2-4-6-8-7(9-8)5-3-1;9-8-6-4-2-1-3-5-7-8/h1-2,10H,3-9H2;1-2,7-8H,3-6H2;1-2,8-9H,3-7H2/b2-1+;;2-1+. The van der Waals surface area contributed by atoms with Gasteiger partial charge in [0.15, 0.2) is 0 Å². The van der Waals surface area contributed by atoms with Gasteiger partial charge in [-0.25, -0.2) is 4.79 Å². The van der Waals surface area contributed by atoms with Crippen molar-refractivity contribution in [2.75, 3.05) is 0 Å². The number of aliphatic hydroxyl groups is 1. The average Bonchev–Trinajstić information content (AvgIpc) is 3.49. The first-order chi connectivity index (χ1) is 18.0. The highest BCUT2D eigenvalue weighted by molar-refractivity contribution is 6.01. The molecule has 0 spiro atoms. The third-order valence-corrected chi connectivity index (χ3v) is 6.98. The molecular formula is C29H43NO7. The average molecular weight is 518 g/mol. The number of allylic oxidation sites excluding steroid dienone is 6. The van der Waals surface area contributed by atoms with Crippen LogP contribution in [0.25, 0.3) is 0 Å². The van der Waals surface area contributed by atoms with Crippen LogP contribution in [0.2, 0.25) is 0 Å². The van der Waals surface area contributed by atoms with Crippen molar-refractivity contribution in [1.29, 1.82) is 0 Å². The van der Waals surface area contributed by atoms with Crippen LogP contribution < -0.4 is 0 Å². The van der Waals surface area contributed by atoms with E-state index < -0.39 is 18.0 Å². The van der Waals surface area contributed by atoms with Crippen LogP contribution in [-0.2, 0) is 23.9 Å². The van der Waals surface area contributed by atoms with Crippen molar-refractivity contribution >= 4 is 18.0 Å². The molecule has 8 heteroatoms. The molecule has 8 nitrogen and oxygen atoms in total. The van der Waals surface area contributed by atoms with Crippen molar-refractivity contribution in [1.82, 2.24) is 5.06 Å². The van der Waals surface area contributed by atoms with Gasteiger partial charge in [0, 0.05) is 12.8 Å². The van der Waals surface area contributed by atoms with Crippen LogP contribution in [0.15, 0.2) is 36.5 Å². The van der Waals surface area contributed by atoms with Gasteiger partial charge in [-0.2, -0.15) is 0 Å². The summed E-state index contributed by atoms with van der Waals surface area (Å²) in [6.07, 6.45) is 27.8. The van der Waals surface area contributed by atoms with E-state index in [0.717, 1.165) is 64.2 Å². The Morgan fingerprint density at radius 1 is 0.730 bits per heavy atom. The zero-order chi connectivity index (χ0) is 26.3. The Bertz CT molecular complexity index is 786. The van der Waals surface area contributed by atoms with E-state index in [-0.39, 0.29) is 25.0 Å². The zero-order valence-electron chi connectivity index (χ0n) is 21.9. The number of carbonyl (C=O) groups is 3. The quantitative estimate of drug-likeness (QED) is 0.212. The molecule has 4 atom stereocenters. The molecule has 5 rings (SSSR count). The Kier molecular flexibility index (Phi) is 12.9. The molecular weight excluding hydrogens is 474 g/mol. The molecule has 2 heterocycles. The van der Waals surface area contributed by atoms with Gasteiger partial charge >= 0.3 is 6.16 Å². The predicted molar refractivity (Wildman–Crippen MR) is 139 cm³/mol. The fraction of sp³-hybridized carbons (Fsp3) is 0.690. The maximum atomic E-state index is 11.5. The Labute approximate surface area is 220 Å². The molecule has 0 bridgehead atoms. The molecule has 0 aromatic rings. The second kappa shape index (κ2) is 16.4. The van der Waals surface area contributed by atoms with E-state index in [1.54, 1.807) is 0 Å². The first kappa shape index (κ1) is 29.1. The van der Waals surface area contributed by atoms with E-state index in [2.05, 4.69) is 41.3 Å². The minimum absolute atomic E-state index is 0.0325. The van der Waals surface area contributed by atoms with Gasteiger partial charge in [0.1, 0.15) is 6.10 Å². The van der Waals surface area contributed by atoms with Crippen LogP contribution in [-0.4, -0.2) is 52.6 Å². The maximum absolute atomic E-state index is 11.5. The Balaban J connectivity index is 0.000000174. The monoisotopic (exact) mass is 517 g/mol. The third kappa shape index (κ3) is 11.6. The molecule has 4 unspecified atom stereocenters. The van der Waals surface area contributed by atoms with Crippen molar-refractivity contribution < 1.29 is 33.8 Å². The van der Waals surface area contributed by atoms with E-state index in [9.17, 15) is 19.5 Å². The summed E-state index contributed by atoms with van der Waals surface area (Å²) < 4.78 is 10.5. The molecule has 0 aromatic carbocycles. The van der Waals surface area contributed by atoms with Crippen LogP contribution in [0.3, 0.4) is 0 Å². The second-order valence-electron chi connectivity index (χ2n) is 10.1. The number of epoxide rings is 1. The second-order valence-corrected chi connectivity index (χ2v) is 10.1. The van der Waals surface area contributed by atoms with Gasteiger partial charge in [-0.3, -0.25) is 14.4 Å². The highest BCUT2D eigenvalue weighted by Crippen LogP contribution is 2.31. The summed E-state index contributed by atoms with van der Waals surface area (Å²) in [5, 5.41) is 9.69. The van der Waals surface area contributed by atoms with Crippen molar-refractivity contribution in [3.63, 3.8) is 0 Å². The van der Waals surface area contributed by atoms with Crippen molar-refractivity contribution in [3.8, 4) is 0 Å². The van der Waals surface area contributed by atoms with Crippen LogP contribution >= 0.6 is 0 Å².